The minimum Gasteiger partial charge on any atom is -0.394 e. The lowest BCUT2D eigenvalue weighted by Crippen LogP contribution is -2.13. The van der Waals surface area contributed by atoms with E-state index in [-0.39, 0.29) is 6.61 Å². The molecule has 1 atom stereocenters. The van der Waals surface area contributed by atoms with Crippen molar-refractivity contribution in [2.75, 3.05) is 29.6 Å². The average Bonchev–Trinajstić information content (AvgIpc) is 2.39. The van der Waals surface area contributed by atoms with Crippen molar-refractivity contribution in [3.8, 4) is 0 Å². The Morgan fingerprint density at radius 3 is 1.68 bits per heavy atom. The number of hydrogen-bond donors (Lipinski definition) is 4. The molecule has 0 aromatic carbocycles. The second-order valence-electron chi connectivity index (χ2n) is 3.94. The van der Waals surface area contributed by atoms with Gasteiger partial charge < -0.3 is 20.4 Å². The third-order valence-electron chi connectivity index (χ3n) is 2.06. The molecule has 0 amide bonds. The van der Waals surface area contributed by atoms with E-state index in [1.165, 1.54) is 36.5 Å². The Morgan fingerprint density at radius 2 is 1.21 bits per heavy atom. The summed E-state index contributed by atoms with van der Waals surface area (Å²) in [5, 5.41) is 35.0. The topological polar surface area (TPSA) is 80.9 Å². The van der Waals surface area contributed by atoms with Crippen molar-refractivity contribution in [2.45, 2.75) is 38.1 Å². The van der Waals surface area contributed by atoms with E-state index in [2.05, 4.69) is 0 Å². The second kappa shape index (κ2) is 15.6. The normalized spacial score (nSPS) is 13.1. The van der Waals surface area contributed by atoms with E-state index >= 15 is 0 Å². The van der Waals surface area contributed by atoms with E-state index in [1.807, 2.05) is 0 Å². The Hall–Kier alpha value is 1.24. The van der Waals surface area contributed by atoms with Gasteiger partial charge in [-0.1, -0.05) is 56.0 Å². The number of rotatable bonds is 14. The monoisotopic (exact) mass is 348 g/mol. The van der Waals surface area contributed by atoms with Crippen molar-refractivity contribution in [1.82, 2.24) is 0 Å². The van der Waals surface area contributed by atoms with Gasteiger partial charge in [0.15, 0.2) is 6.29 Å². The van der Waals surface area contributed by atoms with Gasteiger partial charge in [-0.2, -0.15) is 0 Å². The van der Waals surface area contributed by atoms with Gasteiger partial charge in [0.1, 0.15) is 0 Å². The molecule has 116 valence electrons. The maximum absolute atomic E-state index is 9.12. The molecular formula is C11H24O4S4. The highest BCUT2D eigenvalue weighted by atomic mass is 33.1. The van der Waals surface area contributed by atoms with E-state index < -0.39 is 12.4 Å². The van der Waals surface area contributed by atoms with E-state index in [9.17, 15) is 0 Å². The third-order valence-corrected chi connectivity index (χ3v) is 7.08. The highest BCUT2D eigenvalue weighted by molar-refractivity contribution is 8.77. The van der Waals surface area contributed by atoms with Crippen molar-refractivity contribution in [3.63, 3.8) is 0 Å². The predicted molar refractivity (Wildman–Crippen MR) is 89.6 cm³/mol. The molecule has 1 unspecified atom stereocenters. The van der Waals surface area contributed by atoms with Crippen LogP contribution in [0.1, 0.15) is 25.7 Å². The fourth-order valence-electron chi connectivity index (χ4n) is 1.08. The van der Waals surface area contributed by atoms with Crippen molar-refractivity contribution < 1.29 is 20.4 Å². The quantitative estimate of drug-likeness (QED) is 0.216. The molecule has 0 spiro atoms. The largest absolute Gasteiger partial charge is 0.394 e. The summed E-state index contributed by atoms with van der Waals surface area (Å²) in [6.45, 7) is -0.156. The van der Waals surface area contributed by atoms with E-state index in [4.69, 9.17) is 20.4 Å². The first-order valence-electron chi connectivity index (χ1n) is 6.30. The molecule has 0 aliphatic heterocycles. The minimum absolute atomic E-state index is 0.156. The molecule has 0 radical (unpaired) electrons. The van der Waals surface area contributed by atoms with Crippen LogP contribution in [0.4, 0.5) is 0 Å². The molecule has 4 N–H and O–H groups in total. The van der Waals surface area contributed by atoms with Crippen LogP contribution in [-0.2, 0) is 0 Å². The van der Waals surface area contributed by atoms with Gasteiger partial charge in [0.05, 0.1) is 18.5 Å². The van der Waals surface area contributed by atoms with Crippen LogP contribution in [-0.4, -0.2) is 62.4 Å². The fraction of sp³-hybridized carbons (Fsp3) is 1.00. The van der Waals surface area contributed by atoms with Crippen LogP contribution in [0.5, 0.6) is 0 Å². The van der Waals surface area contributed by atoms with Crippen molar-refractivity contribution in [2.24, 2.45) is 0 Å². The van der Waals surface area contributed by atoms with Crippen LogP contribution in [0, 0.1) is 0 Å². The Balaban J connectivity index is 2.99. The van der Waals surface area contributed by atoms with Gasteiger partial charge in [-0.05, 0) is 12.8 Å². The van der Waals surface area contributed by atoms with Crippen molar-refractivity contribution in [1.29, 1.82) is 0 Å². The number of aliphatic hydroxyl groups is 4. The molecule has 0 aliphatic carbocycles. The van der Waals surface area contributed by atoms with Gasteiger partial charge in [-0.3, -0.25) is 0 Å². The summed E-state index contributed by atoms with van der Waals surface area (Å²) in [6.07, 6.45) is 2.98. The first-order chi connectivity index (χ1) is 9.16. The van der Waals surface area contributed by atoms with Gasteiger partial charge in [0.25, 0.3) is 0 Å². The fourth-order valence-corrected chi connectivity index (χ4v) is 5.37. The Kier molecular flexibility index (Phi) is 16.6. The molecule has 0 saturated heterocycles. The minimum atomic E-state index is -1.20. The molecule has 19 heavy (non-hydrogen) atoms. The Morgan fingerprint density at radius 1 is 0.684 bits per heavy atom. The summed E-state index contributed by atoms with van der Waals surface area (Å²) in [6, 6.07) is 0. The van der Waals surface area contributed by atoms with E-state index in [0.29, 0.717) is 11.5 Å². The van der Waals surface area contributed by atoms with E-state index in [1.54, 1.807) is 32.4 Å². The van der Waals surface area contributed by atoms with Crippen molar-refractivity contribution >= 4 is 43.2 Å². The first kappa shape index (κ1) is 20.2. The average molecular weight is 349 g/mol. The lowest BCUT2D eigenvalue weighted by Gasteiger charge is -2.05. The maximum atomic E-state index is 9.12. The second-order valence-corrected chi connectivity index (χ2v) is 9.20. The lowest BCUT2D eigenvalue weighted by atomic mass is 10.2. The molecule has 0 aromatic rings. The van der Waals surface area contributed by atoms with Gasteiger partial charge >= 0.3 is 0 Å². The first-order valence-corrected chi connectivity index (χ1v) is 11.3. The van der Waals surface area contributed by atoms with Crippen LogP contribution < -0.4 is 0 Å². The van der Waals surface area contributed by atoms with Gasteiger partial charge in [-0.15, -0.1) is 0 Å². The number of hydrogen-bond acceptors (Lipinski definition) is 8. The summed E-state index contributed by atoms with van der Waals surface area (Å²) in [5.74, 6) is 3.10. The Labute approximate surface area is 131 Å². The standard InChI is InChI=1S/C11H24O4S4/c12-7-10(13)8-18-16-5-3-1-2-4-6-17-19-9-11(14)15/h10-15H,1-9H2. The van der Waals surface area contributed by atoms with Crippen LogP contribution >= 0.6 is 43.2 Å². The smallest absolute Gasteiger partial charge is 0.161 e. The molecule has 0 bridgehead atoms. The molecule has 0 rings (SSSR count). The molecule has 8 heteroatoms. The lowest BCUT2D eigenvalue weighted by molar-refractivity contribution is -0.0184. The molecule has 0 aliphatic rings. The summed E-state index contributed by atoms with van der Waals surface area (Å²) in [4.78, 5) is 0. The maximum Gasteiger partial charge on any atom is 0.161 e. The Bertz CT molecular complexity index is 186. The zero-order valence-electron chi connectivity index (χ0n) is 10.9. The third kappa shape index (κ3) is 17.2. The molecular weight excluding hydrogens is 324 g/mol. The summed E-state index contributed by atoms with van der Waals surface area (Å²) < 4.78 is 0. The molecule has 0 heterocycles. The molecule has 4 nitrogen and oxygen atoms in total. The summed E-state index contributed by atoms with van der Waals surface area (Å²) >= 11 is 0. The number of aliphatic hydroxyl groups excluding tert-OH is 3. The van der Waals surface area contributed by atoms with E-state index in [0.717, 1.165) is 11.5 Å². The highest BCUT2D eigenvalue weighted by Gasteiger charge is 2.01. The zero-order valence-corrected chi connectivity index (χ0v) is 14.2. The van der Waals surface area contributed by atoms with Gasteiger partial charge in [0, 0.05) is 17.3 Å². The zero-order chi connectivity index (χ0) is 14.3. The molecule has 0 aromatic heterocycles. The molecule has 0 fully saturated rings. The predicted octanol–water partition coefficient (Wildman–Crippen LogP) is 1.97. The van der Waals surface area contributed by atoms with Gasteiger partial charge in [0.2, 0.25) is 0 Å². The van der Waals surface area contributed by atoms with Crippen LogP contribution in [0.15, 0.2) is 0 Å². The number of unbranched alkanes of at least 4 members (excludes halogenated alkanes) is 3. The molecule has 0 saturated carbocycles. The van der Waals surface area contributed by atoms with Crippen LogP contribution in [0.2, 0.25) is 0 Å². The summed E-state index contributed by atoms with van der Waals surface area (Å²) in [7, 11) is 6.57. The van der Waals surface area contributed by atoms with Crippen LogP contribution in [0.25, 0.3) is 0 Å². The van der Waals surface area contributed by atoms with Gasteiger partial charge in [-0.25, -0.2) is 0 Å². The SMILES string of the molecule is OCC(O)CSSCCCCCCSSCC(O)O. The highest BCUT2D eigenvalue weighted by Crippen LogP contribution is 2.25. The van der Waals surface area contributed by atoms with Crippen molar-refractivity contribution in [3.05, 3.63) is 0 Å². The van der Waals surface area contributed by atoms with Crippen LogP contribution in [0.3, 0.4) is 0 Å². The summed E-state index contributed by atoms with van der Waals surface area (Å²) in [5.41, 5.74) is 0.